The van der Waals surface area contributed by atoms with E-state index in [9.17, 15) is 29.4 Å². The van der Waals surface area contributed by atoms with E-state index in [-0.39, 0.29) is 40.5 Å². The SMILES string of the molecule is CC(C)[C@H](N)C(=O)N[C@H](C(=O)OC[C@H]1O[C@@H](n2c(=O)sc3c(=O)[nH]c(N)nc32)[C@H](O)[C@@H]1O)C(C)C.Cl. The third-order valence-electron chi connectivity index (χ3n) is 5.71. The molecule has 1 aliphatic heterocycles. The first kappa shape index (κ1) is 29.7. The van der Waals surface area contributed by atoms with Crippen molar-refractivity contribution in [3.8, 4) is 0 Å². The van der Waals surface area contributed by atoms with Gasteiger partial charge in [0.15, 0.2) is 11.9 Å². The number of halogens is 1. The summed E-state index contributed by atoms with van der Waals surface area (Å²) in [7, 11) is 0. The van der Waals surface area contributed by atoms with Gasteiger partial charge >= 0.3 is 10.8 Å². The van der Waals surface area contributed by atoms with Gasteiger partial charge in [0.25, 0.3) is 5.56 Å². The van der Waals surface area contributed by atoms with Crippen molar-refractivity contribution in [1.29, 1.82) is 0 Å². The molecule has 1 aliphatic rings. The van der Waals surface area contributed by atoms with Gasteiger partial charge in [0, 0.05) is 0 Å². The second-order valence-corrected chi connectivity index (χ2v) is 9.98. The number of hydrogen-bond donors (Lipinski definition) is 6. The highest BCUT2D eigenvalue weighted by atomic mass is 35.5. The second kappa shape index (κ2) is 11.7. The first-order chi connectivity index (χ1) is 16.3. The van der Waals surface area contributed by atoms with Crippen LogP contribution in [0.2, 0.25) is 0 Å². The van der Waals surface area contributed by atoms with Crippen LogP contribution in [0.4, 0.5) is 5.95 Å². The van der Waals surface area contributed by atoms with Crippen LogP contribution in [-0.2, 0) is 19.1 Å². The molecule has 2 aromatic rings. The number of nitrogens with one attached hydrogen (secondary N) is 2. The summed E-state index contributed by atoms with van der Waals surface area (Å²) < 4.78 is 11.8. The van der Waals surface area contributed by atoms with Gasteiger partial charge in [-0.1, -0.05) is 39.0 Å². The number of anilines is 1. The number of hydrogen-bond acceptors (Lipinski definition) is 12. The van der Waals surface area contributed by atoms with Crippen molar-refractivity contribution >= 4 is 51.9 Å². The Balaban J connectivity index is 0.00000456. The van der Waals surface area contributed by atoms with E-state index >= 15 is 0 Å². The second-order valence-electron chi connectivity index (χ2n) is 9.02. The lowest BCUT2D eigenvalue weighted by atomic mass is 10.0. The summed E-state index contributed by atoms with van der Waals surface area (Å²) in [4.78, 5) is 55.1. The van der Waals surface area contributed by atoms with Gasteiger partial charge in [0.1, 0.15) is 35.7 Å². The molecule has 0 radical (unpaired) electrons. The summed E-state index contributed by atoms with van der Waals surface area (Å²) in [5.74, 6) is -2.00. The number of aromatic amines is 1. The molecule has 16 heteroatoms. The minimum atomic E-state index is -1.60. The number of esters is 1. The zero-order valence-corrected chi connectivity index (χ0v) is 21.7. The topological polar surface area (TPSA) is 225 Å². The minimum Gasteiger partial charge on any atom is -0.461 e. The lowest BCUT2D eigenvalue weighted by Crippen LogP contribution is -2.52. The van der Waals surface area contributed by atoms with Crippen LogP contribution in [-0.4, -0.2) is 73.6 Å². The Labute approximate surface area is 215 Å². The van der Waals surface area contributed by atoms with Crippen molar-refractivity contribution in [1.82, 2.24) is 19.9 Å². The molecule has 14 nitrogen and oxygen atoms in total. The molecule has 0 saturated carbocycles. The zero-order chi connectivity index (χ0) is 26.2. The van der Waals surface area contributed by atoms with E-state index in [1.807, 2.05) is 0 Å². The fourth-order valence-electron chi connectivity index (χ4n) is 3.55. The lowest BCUT2D eigenvalue weighted by Gasteiger charge is -2.24. The number of carbonyl (C=O) groups excluding carboxylic acids is 2. The Hall–Kier alpha value is -2.56. The maximum Gasteiger partial charge on any atom is 0.328 e. The molecule has 1 fully saturated rings. The highest BCUT2D eigenvalue weighted by molar-refractivity contribution is 7.16. The average Bonchev–Trinajstić information content (AvgIpc) is 3.25. The Bertz CT molecular complexity index is 1210. The highest BCUT2D eigenvalue weighted by Gasteiger charge is 2.46. The molecule has 3 heterocycles. The summed E-state index contributed by atoms with van der Waals surface area (Å²) in [6.07, 6.45) is -5.74. The molecule has 0 aromatic carbocycles. The largest absolute Gasteiger partial charge is 0.461 e. The van der Waals surface area contributed by atoms with E-state index in [4.69, 9.17) is 20.9 Å². The molecule has 3 rings (SSSR count). The molecule has 1 amide bonds. The monoisotopic (exact) mass is 550 g/mol. The van der Waals surface area contributed by atoms with E-state index in [1.54, 1.807) is 27.7 Å². The molecule has 202 valence electrons. The molecule has 36 heavy (non-hydrogen) atoms. The molecule has 2 aromatic heterocycles. The molecule has 1 saturated heterocycles. The number of aromatic nitrogens is 3. The van der Waals surface area contributed by atoms with E-state index in [2.05, 4.69) is 15.3 Å². The third-order valence-corrected chi connectivity index (χ3v) is 6.66. The Morgan fingerprint density at radius 3 is 2.44 bits per heavy atom. The van der Waals surface area contributed by atoms with Gasteiger partial charge in [-0.2, -0.15) is 4.98 Å². The van der Waals surface area contributed by atoms with E-state index in [0.717, 1.165) is 4.57 Å². The average molecular weight is 551 g/mol. The summed E-state index contributed by atoms with van der Waals surface area (Å²) in [6.45, 7) is 6.49. The number of rotatable bonds is 8. The lowest BCUT2D eigenvalue weighted by molar-refractivity contribution is -0.155. The summed E-state index contributed by atoms with van der Waals surface area (Å²) in [5, 5.41) is 23.6. The molecular weight excluding hydrogens is 520 g/mol. The third kappa shape index (κ3) is 5.87. The number of aliphatic hydroxyl groups excluding tert-OH is 2. The number of fused-ring (bicyclic) bond motifs is 1. The van der Waals surface area contributed by atoms with Crippen LogP contribution < -0.4 is 27.2 Å². The molecule has 0 bridgehead atoms. The summed E-state index contributed by atoms with van der Waals surface area (Å²) >= 11 is 0.578. The predicted molar refractivity (Wildman–Crippen MR) is 133 cm³/mol. The van der Waals surface area contributed by atoms with Gasteiger partial charge in [-0.15, -0.1) is 12.4 Å². The number of H-pyrrole nitrogens is 1. The first-order valence-corrected chi connectivity index (χ1v) is 11.8. The van der Waals surface area contributed by atoms with E-state index in [1.165, 1.54) is 0 Å². The van der Waals surface area contributed by atoms with Crippen molar-refractivity contribution in [2.24, 2.45) is 17.6 Å². The van der Waals surface area contributed by atoms with Gasteiger partial charge in [0.05, 0.1) is 6.04 Å². The molecular formula is C20H31ClN6O8S. The van der Waals surface area contributed by atoms with Gasteiger partial charge in [-0.3, -0.25) is 23.9 Å². The number of nitrogen functional groups attached to an aromatic ring is 1. The van der Waals surface area contributed by atoms with Crippen LogP contribution in [0.1, 0.15) is 33.9 Å². The maximum absolute atomic E-state index is 12.7. The van der Waals surface area contributed by atoms with Crippen molar-refractivity contribution < 1.29 is 29.3 Å². The number of ether oxygens (including phenoxy) is 2. The number of amides is 1. The fraction of sp³-hybridized carbons (Fsp3) is 0.650. The number of nitrogens with zero attached hydrogens (tertiary/aromatic N) is 2. The minimum absolute atomic E-state index is 0. The zero-order valence-electron chi connectivity index (χ0n) is 20.0. The van der Waals surface area contributed by atoms with Crippen molar-refractivity contribution in [3.63, 3.8) is 0 Å². The van der Waals surface area contributed by atoms with Crippen LogP contribution in [0.25, 0.3) is 10.3 Å². The molecule has 0 aliphatic carbocycles. The van der Waals surface area contributed by atoms with E-state index < -0.39 is 65.5 Å². The quantitative estimate of drug-likeness (QED) is 0.206. The van der Waals surface area contributed by atoms with Gasteiger partial charge < -0.3 is 36.5 Å². The maximum atomic E-state index is 12.7. The molecule has 0 unspecified atom stereocenters. The van der Waals surface area contributed by atoms with Gasteiger partial charge in [0.2, 0.25) is 11.9 Å². The fourth-order valence-corrected chi connectivity index (χ4v) is 4.40. The standard InChI is InChI=1S/C20H30N6O8S.ClH/c1-6(2)9(21)15(29)23-10(7(3)4)18(31)33-5-8-11(27)12(28)17(34-8)26-14-13(35-20(26)32)16(30)25-19(22)24-14;/h6-12,17,27-28H,5,21H2,1-4H3,(H,23,29)(H3,22,24,25,30);1H/t8-,9+,10+,11-,12-,17-;/m1./s1. The predicted octanol–water partition coefficient (Wildman–Crippen LogP) is -1.56. The van der Waals surface area contributed by atoms with Crippen molar-refractivity contribution in [2.75, 3.05) is 12.3 Å². The number of aliphatic hydroxyl groups is 2. The molecule has 8 N–H and O–H groups in total. The van der Waals surface area contributed by atoms with Crippen LogP contribution in [0, 0.1) is 11.8 Å². The molecule has 6 atom stereocenters. The smallest absolute Gasteiger partial charge is 0.328 e. The Morgan fingerprint density at radius 2 is 1.86 bits per heavy atom. The van der Waals surface area contributed by atoms with Crippen LogP contribution in [0.5, 0.6) is 0 Å². The summed E-state index contributed by atoms with van der Waals surface area (Å²) in [5.41, 5.74) is 10.7. The van der Waals surface area contributed by atoms with Crippen molar-refractivity contribution in [2.45, 2.75) is 64.3 Å². The first-order valence-electron chi connectivity index (χ1n) is 11.0. The van der Waals surface area contributed by atoms with Crippen LogP contribution in [0.15, 0.2) is 9.59 Å². The number of nitrogens with two attached hydrogens (primary N) is 2. The Kier molecular flexibility index (Phi) is 9.61. The van der Waals surface area contributed by atoms with Gasteiger partial charge in [-0.25, -0.2) is 4.79 Å². The number of carbonyl (C=O) groups is 2. The molecule has 0 spiro atoms. The summed E-state index contributed by atoms with van der Waals surface area (Å²) in [6, 6.07) is -1.82. The van der Waals surface area contributed by atoms with Gasteiger partial charge in [-0.05, 0) is 11.8 Å². The normalized spacial score (nSPS) is 23.5. The van der Waals surface area contributed by atoms with Crippen molar-refractivity contribution in [3.05, 3.63) is 20.0 Å². The van der Waals surface area contributed by atoms with Crippen LogP contribution in [0.3, 0.4) is 0 Å². The highest BCUT2D eigenvalue weighted by Crippen LogP contribution is 2.31. The van der Waals surface area contributed by atoms with E-state index in [0.29, 0.717) is 11.3 Å². The Morgan fingerprint density at radius 1 is 1.22 bits per heavy atom. The van der Waals surface area contributed by atoms with Crippen LogP contribution >= 0.6 is 23.7 Å². The number of thiazole rings is 1.